The first-order valence-electron chi connectivity index (χ1n) is 13.1. The van der Waals surface area contributed by atoms with Crippen LogP contribution in [-0.4, -0.2) is 52.6 Å². The van der Waals surface area contributed by atoms with Crippen LogP contribution < -0.4 is 0 Å². The average Bonchev–Trinajstić information content (AvgIpc) is 3.22. The smallest absolute Gasteiger partial charge is 0.311 e. The first kappa shape index (κ1) is 24.5. The van der Waals surface area contributed by atoms with E-state index in [0.717, 1.165) is 46.9 Å². The molecule has 0 saturated carbocycles. The molecular formula is C31H31N3O4. The highest BCUT2D eigenvalue weighted by molar-refractivity contribution is 5.88. The summed E-state index contributed by atoms with van der Waals surface area (Å²) in [5, 5.41) is 4.92. The molecule has 0 unspecified atom stereocenters. The molecular weight excluding hydrogens is 478 g/mol. The average molecular weight is 510 g/mol. The van der Waals surface area contributed by atoms with Gasteiger partial charge in [0.2, 0.25) is 5.91 Å². The number of amides is 1. The van der Waals surface area contributed by atoms with Crippen LogP contribution in [0.5, 0.6) is 0 Å². The second-order valence-corrected chi connectivity index (χ2v) is 10.3. The van der Waals surface area contributed by atoms with Crippen molar-refractivity contribution in [3.63, 3.8) is 0 Å². The van der Waals surface area contributed by atoms with Gasteiger partial charge >= 0.3 is 5.97 Å². The Labute approximate surface area is 221 Å². The van der Waals surface area contributed by atoms with Crippen molar-refractivity contribution in [2.24, 2.45) is 5.92 Å². The fourth-order valence-electron chi connectivity index (χ4n) is 6.07. The van der Waals surface area contributed by atoms with Crippen LogP contribution in [0, 0.1) is 5.92 Å². The Morgan fingerprint density at radius 3 is 2.50 bits per heavy atom. The number of nitrogens with zero attached hydrogens (tertiary/aromatic N) is 3. The highest BCUT2D eigenvalue weighted by Crippen LogP contribution is 2.45. The van der Waals surface area contributed by atoms with E-state index in [2.05, 4.69) is 58.4 Å². The van der Waals surface area contributed by atoms with Gasteiger partial charge in [0.1, 0.15) is 6.61 Å². The third-order valence-electron chi connectivity index (χ3n) is 8.12. The molecule has 0 N–H and O–H groups in total. The van der Waals surface area contributed by atoms with Crippen molar-refractivity contribution in [2.45, 2.75) is 38.0 Å². The molecule has 7 nitrogen and oxygen atoms in total. The molecule has 1 aromatic heterocycles. The number of fused-ring (bicyclic) bond motifs is 2. The van der Waals surface area contributed by atoms with E-state index in [0.29, 0.717) is 12.8 Å². The summed E-state index contributed by atoms with van der Waals surface area (Å²) in [5.74, 6) is -1.04. The molecule has 1 atom stereocenters. The molecule has 2 aliphatic heterocycles. The van der Waals surface area contributed by atoms with Crippen molar-refractivity contribution < 1.29 is 19.2 Å². The second-order valence-electron chi connectivity index (χ2n) is 10.3. The van der Waals surface area contributed by atoms with Crippen LogP contribution >= 0.6 is 0 Å². The molecule has 7 heteroatoms. The summed E-state index contributed by atoms with van der Waals surface area (Å²) < 4.78 is 5.14. The van der Waals surface area contributed by atoms with Crippen LogP contribution in [0.4, 0.5) is 0 Å². The van der Waals surface area contributed by atoms with E-state index in [1.807, 2.05) is 30.5 Å². The van der Waals surface area contributed by atoms with Crippen molar-refractivity contribution >= 4 is 33.6 Å². The van der Waals surface area contributed by atoms with E-state index in [9.17, 15) is 9.59 Å². The normalized spacial score (nSPS) is 19.4. The molecule has 3 heterocycles. The Morgan fingerprint density at radius 2 is 1.68 bits per heavy atom. The summed E-state index contributed by atoms with van der Waals surface area (Å²) in [5.41, 5.74) is 2.46. The Morgan fingerprint density at radius 1 is 0.947 bits per heavy atom. The minimum Gasteiger partial charge on any atom is -0.469 e. The van der Waals surface area contributed by atoms with Gasteiger partial charge in [-0.15, -0.1) is 0 Å². The number of hydroxylamine groups is 2. The fourth-order valence-corrected chi connectivity index (χ4v) is 6.07. The van der Waals surface area contributed by atoms with Crippen molar-refractivity contribution in [1.82, 2.24) is 14.9 Å². The number of hydrogen-bond donors (Lipinski definition) is 0. The summed E-state index contributed by atoms with van der Waals surface area (Å²) in [7, 11) is 1.39. The van der Waals surface area contributed by atoms with E-state index >= 15 is 0 Å². The SMILES string of the molecule is COC(=O)[C@@H]1CC(=O)N(OCc2ccc3ccccc3c2)C12CCN(Cc1ccc3cccnc3c1)CC2. The summed E-state index contributed by atoms with van der Waals surface area (Å²) in [6, 6.07) is 24.7. The quantitative estimate of drug-likeness (QED) is 0.345. The van der Waals surface area contributed by atoms with Gasteiger partial charge in [-0.2, -0.15) is 0 Å². The molecule has 0 aliphatic carbocycles. The highest BCUT2D eigenvalue weighted by atomic mass is 16.7. The van der Waals surface area contributed by atoms with E-state index in [1.165, 1.54) is 17.7 Å². The first-order valence-corrected chi connectivity index (χ1v) is 13.1. The van der Waals surface area contributed by atoms with E-state index in [-0.39, 0.29) is 24.9 Å². The highest BCUT2D eigenvalue weighted by Gasteiger charge is 2.58. The molecule has 1 spiro atoms. The number of hydrogen-bond acceptors (Lipinski definition) is 6. The standard InChI is InChI=1S/C31H31N3O4/c1-37-30(36)27-19-29(35)34(38-21-23-9-10-24-5-2-3-6-26(24)17-23)31(27)12-15-33(16-13-31)20-22-8-11-25-7-4-14-32-28(25)18-22/h2-11,14,17-18,27H,12-13,15-16,19-21H2,1H3/t27-/m0/s1. The maximum absolute atomic E-state index is 13.2. The summed E-state index contributed by atoms with van der Waals surface area (Å²) in [4.78, 5) is 39.1. The topological polar surface area (TPSA) is 72.0 Å². The van der Waals surface area contributed by atoms with Crippen LogP contribution in [0.15, 0.2) is 79.0 Å². The first-order chi connectivity index (χ1) is 18.6. The largest absolute Gasteiger partial charge is 0.469 e. The number of methoxy groups -OCH3 is 1. The monoisotopic (exact) mass is 509 g/mol. The molecule has 6 rings (SSSR count). The number of esters is 1. The number of carbonyl (C=O) groups excluding carboxylic acids is 2. The van der Waals surface area contributed by atoms with Crippen LogP contribution in [0.1, 0.15) is 30.4 Å². The van der Waals surface area contributed by atoms with Gasteiger partial charge in [-0.3, -0.25) is 24.3 Å². The zero-order chi connectivity index (χ0) is 26.1. The number of pyridine rings is 1. The molecule has 0 radical (unpaired) electrons. The fraction of sp³-hybridized carbons (Fsp3) is 0.323. The summed E-state index contributed by atoms with van der Waals surface area (Å²) in [6.07, 6.45) is 3.21. The van der Waals surface area contributed by atoms with Gasteiger partial charge in [0.25, 0.3) is 0 Å². The Kier molecular flexibility index (Phi) is 6.55. The maximum atomic E-state index is 13.2. The van der Waals surface area contributed by atoms with E-state index in [1.54, 1.807) is 0 Å². The van der Waals surface area contributed by atoms with Gasteiger partial charge in [-0.05, 0) is 52.9 Å². The van der Waals surface area contributed by atoms with Crippen LogP contribution in [0.3, 0.4) is 0 Å². The van der Waals surface area contributed by atoms with E-state index < -0.39 is 11.5 Å². The van der Waals surface area contributed by atoms with Gasteiger partial charge in [-0.1, -0.05) is 54.6 Å². The molecule has 4 aromatic rings. The Hall–Kier alpha value is -3.81. The Balaban J connectivity index is 1.19. The minimum atomic E-state index is -0.706. The molecule has 2 fully saturated rings. The minimum absolute atomic E-state index is 0.112. The van der Waals surface area contributed by atoms with Gasteiger partial charge in [0.15, 0.2) is 0 Å². The molecule has 2 aliphatic rings. The van der Waals surface area contributed by atoms with Crippen LogP contribution in [0.2, 0.25) is 0 Å². The van der Waals surface area contributed by atoms with Crippen LogP contribution in [0.25, 0.3) is 21.7 Å². The molecule has 1 amide bonds. The third kappa shape index (κ3) is 4.52. The zero-order valence-corrected chi connectivity index (χ0v) is 21.5. The third-order valence-corrected chi connectivity index (χ3v) is 8.12. The molecule has 3 aromatic carbocycles. The van der Waals surface area contributed by atoms with Crippen molar-refractivity contribution in [2.75, 3.05) is 20.2 Å². The number of rotatable bonds is 6. The van der Waals surface area contributed by atoms with Gasteiger partial charge in [-0.25, -0.2) is 5.06 Å². The molecule has 0 bridgehead atoms. The Bertz CT molecular complexity index is 1500. The van der Waals surface area contributed by atoms with Gasteiger partial charge in [0, 0.05) is 37.6 Å². The maximum Gasteiger partial charge on any atom is 0.311 e. The predicted octanol–water partition coefficient (Wildman–Crippen LogP) is 4.88. The number of carbonyl (C=O) groups is 2. The lowest BCUT2D eigenvalue weighted by Gasteiger charge is -2.45. The number of likely N-dealkylation sites (tertiary alicyclic amines) is 1. The lowest BCUT2D eigenvalue weighted by Crippen LogP contribution is -2.57. The number of aromatic nitrogens is 1. The van der Waals surface area contributed by atoms with Gasteiger partial charge in [0.05, 0.1) is 24.1 Å². The second kappa shape index (κ2) is 10.2. The van der Waals surface area contributed by atoms with Crippen LogP contribution in [-0.2, 0) is 32.3 Å². The van der Waals surface area contributed by atoms with Crippen molar-refractivity contribution in [1.29, 1.82) is 0 Å². The lowest BCUT2D eigenvalue weighted by atomic mass is 9.77. The van der Waals surface area contributed by atoms with E-state index in [4.69, 9.17) is 9.57 Å². The summed E-state index contributed by atoms with van der Waals surface area (Å²) >= 11 is 0. The van der Waals surface area contributed by atoms with Gasteiger partial charge < -0.3 is 4.74 Å². The van der Waals surface area contributed by atoms with Crippen molar-refractivity contribution in [3.05, 3.63) is 90.1 Å². The molecule has 38 heavy (non-hydrogen) atoms. The summed E-state index contributed by atoms with van der Waals surface area (Å²) in [6.45, 7) is 2.55. The zero-order valence-electron chi connectivity index (χ0n) is 21.5. The number of benzene rings is 3. The van der Waals surface area contributed by atoms with Crippen molar-refractivity contribution in [3.8, 4) is 0 Å². The number of piperidine rings is 1. The lowest BCUT2D eigenvalue weighted by molar-refractivity contribution is -0.229. The molecule has 2 saturated heterocycles. The predicted molar refractivity (Wildman–Crippen MR) is 145 cm³/mol. The molecule has 194 valence electrons. The number of ether oxygens (including phenoxy) is 1.